The maximum atomic E-state index is 10.8. The number of nitro benzene ring substituents is 1. The number of nitrogens with one attached hydrogen (secondary N) is 1. The number of anilines is 1. The summed E-state index contributed by atoms with van der Waals surface area (Å²) in [7, 11) is 0. The normalized spacial score (nSPS) is 9.80. The van der Waals surface area contributed by atoms with Gasteiger partial charge in [-0.05, 0) is 18.6 Å². The Hall–Kier alpha value is -1.62. The second-order valence-electron chi connectivity index (χ2n) is 3.06. The molecule has 0 aliphatic rings. The molecule has 1 rings (SSSR count). The van der Waals surface area contributed by atoms with Crippen molar-refractivity contribution in [3.63, 3.8) is 0 Å². The number of amides is 1. The lowest BCUT2D eigenvalue weighted by Crippen LogP contribution is -2.08. The third kappa shape index (κ3) is 2.66. The zero-order chi connectivity index (χ0) is 11.6. The molecule has 0 unspecified atom stereocenters. The lowest BCUT2D eigenvalue weighted by atomic mass is 10.2. The second-order valence-corrected chi connectivity index (χ2v) is 3.46. The fourth-order valence-electron chi connectivity index (χ4n) is 1.11. The first-order valence-corrected chi connectivity index (χ1v) is 4.51. The summed E-state index contributed by atoms with van der Waals surface area (Å²) < 4.78 is 0. The maximum Gasteiger partial charge on any atom is 0.294 e. The number of nitrogens with zero attached hydrogens (tertiary/aromatic N) is 1. The number of halogens is 1. The maximum absolute atomic E-state index is 10.8. The molecule has 0 spiro atoms. The molecule has 0 radical (unpaired) electrons. The quantitative estimate of drug-likeness (QED) is 0.624. The Balaban J connectivity index is 3.28. The first-order valence-electron chi connectivity index (χ1n) is 4.14. The van der Waals surface area contributed by atoms with Crippen molar-refractivity contribution in [3.8, 4) is 0 Å². The van der Waals surface area contributed by atoms with Crippen LogP contribution in [-0.4, -0.2) is 10.8 Å². The van der Waals surface area contributed by atoms with E-state index in [1.165, 1.54) is 19.1 Å². The van der Waals surface area contributed by atoms with Crippen LogP contribution in [0.2, 0.25) is 5.02 Å². The van der Waals surface area contributed by atoms with E-state index in [4.69, 9.17) is 11.6 Å². The molecule has 15 heavy (non-hydrogen) atoms. The van der Waals surface area contributed by atoms with Crippen LogP contribution in [0.5, 0.6) is 0 Å². The molecule has 6 heteroatoms. The van der Waals surface area contributed by atoms with E-state index < -0.39 is 4.92 Å². The van der Waals surface area contributed by atoms with Crippen molar-refractivity contribution in [2.45, 2.75) is 13.8 Å². The number of carbonyl (C=O) groups excluding carboxylic acids is 1. The second kappa shape index (κ2) is 4.27. The Morgan fingerprint density at radius 3 is 2.60 bits per heavy atom. The van der Waals surface area contributed by atoms with E-state index >= 15 is 0 Å². The Labute approximate surface area is 91.2 Å². The van der Waals surface area contributed by atoms with Gasteiger partial charge in [0.05, 0.1) is 9.95 Å². The molecule has 0 saturated heterocycles. The Bertz CT molecular complexity index is 432. The molecule has 1 N–H and O–H groups in total. The highest BCUT2D eigenvalue weighted by Crippen LogP contribution is 2.30. The highest BCUT2D eigenvalue weighted by atomic mass is 35.5. The predicted octanol–water partition coefficient (Wildman–Crippen LogP) is 2.52. The van der Waals surface area contributed by atoms with Gasteiger partial charge in [-0.15, -0.1) is 0 Å². The van der Waals surface area contributed by atoms with Crippen molar-refractivity contribution in [1.82, 2.24) is 0 Å². The Morgan fingerprint density at radius 2 is 2.13 bits per heavy atom. The van der Waals surface area contributed by atoms with E-state index in [2.05, 4.69) is 5.32 Å². The standard InChI is InChI=1S/C9H9ClN2O3/c1-5-3-8(11-6(2)13)9(12(14)15)4-7(5)10/h3-4H,1-2H3,(H,11,13). The lowest BCUT2D eigenvalue weighted by Gasteiger charge is -2.05. The van der Waals surface area contributed by atoms with E-state index in [1.54, 1.807) is 6.92 Å². The van der Waals surface area contributed by atoms with Crippen molar-refractivity contribution in [3.05, 3.63) is 32.8 Å². The van der Waals surface area contributed by atoms with Gasteiger partial charge in [0.2, 0.25) is 5.91 Å². The number of nitro groups is 1. The van der Waals surface area contributed by atoms with Gasteiger partial charge in [0.25, 0.3) is 5.69 Å². The summed E-state index contributed by atoms with van der Waals surface area (Å²) in [6, 6.07) is 2.70. The smallest absolute Gasteiger partial charge is 0.294 e. The zero-order valence-electron chi connectivity index (χ0n) is 8.20. The van der Waals surface area contributed by atoms with E-state index in [0.29, 0.717) is 10.6 Å². The van der Waals surface area contributed by atoms with Crippen molar-refractivity contribution in [2.75, 3.05) is 5.32 Å². The van der Waals surface area contributed by atoms with Gasteiger partial charge in [-0.1, -0.05) is 11.6 Å². The van der Waals surface area contributed by atoms with Crippen LogP contribution in [0.4, 0.5) is 11.4 Å². The van der Waals surface area contributed by atoms with E-state index in [9.17, 15) is 14.9 Å². The fraction of sp³-hybridized carbons (Fsp3) is 0.222. The SMILES string of the molecule is CC(=O)Nc1cc(C)c(Cl)cc1[N+](=O)[O-]. The molecule has 0 fully saturated rings. The molecule has 0 aliphatic heterocycles. The molecular weight excluding hydrogens is 220 g/mol. The third-order valence-electron chi connectivity index (χ3n) is 1.78. The molecule has 0 aromatic heterocycles. The molecule has 1 aromatic carbocycles. The molecule has 80 valence electrons. The van der Waals surface area contributed by atoms with Crippen LogP contribution < -0.4 is 5.32 Å². The predicted molar refractivity (Wildman–Crippen MR) is 57.1 cm³/mol. The van der Waals surface area contributed by atoms with Gasteiger partial charge in [-0.25, -0.2) is 0 Å². The molecule has 0 atom stereocenters. The molecule has 1 amide bonds. The lowest BCUT2D eigenvalue weighted by molar-refractivity contribution is -0.383. The van der Waals surface area contributed by atoms with Crippen molar-refractivity contribution >= 4 is 28.9 Å². The zero-order valence-corrected chi connectivity index (χ0v) is 8.96. The number of hydrogen-bond donors (Lipinski definition) is 1. The van der Waals surface area contributed by atoms with Crippen molar-refractivity contribution in [2.24, 2.45) is 0 Å². The highest BCUT2D eigenvalue weighted by Gasteiger charge is 2.16. The summed E-state index contributed by atoms with van der Waals surface area (Å²) in [6.45, 7) is 2.99. The van der Waals surface area contributed by atoms with E-state index in [1.807, 2.05) is 0 Å². The van der Waals surface area contributed by atoms with Crippen LogP contribution in [-0.2, 0) is 4.79 Å². The Morgan fingerprint density at radius 1 is 1.53 bits per heavy atom. The summed E-state index contributed by atoms with van der Waals surface area (Å²) in [5.41, 5.74) is 0.626. The number of hydrogen-bond acceptors (Lipinski definition) is 3. The minimum Gasteiger partial charge on any atom is -0.321 e. The van der Waals surface area contributed by atoms with E-state index in [0.717, 1.165) is 0 Å². The average Bonchev–Trinajstić information content (AvgIpc) is 2.09. The van der Waals surface area contributed by atoms with Crippen LogP contribution in [0, 0.1) is 17.0 Å². The molecule has 0 saturated carbocycles. The number of rotatable bonds is 2. The van der Waals surface area contributed by atoms with Gasteiger partial charge in [0, 0.05) is 13.0 Å². The Kier molecular flexibility index (Phi) is 3.26. The van der Waals surface area contributed by atoms with Crippen LogP contribution >= 0.6 is 11.6 Å². The molecule has 0 aliphatic carbocycles. The number of aryl methyl sites for hydroxylation is 1. The van der Waals surface area contributed by atoms with Gasteiger partial charge >= 0.3 is 0 Å². The van der Waals surface area contributed by atoms with Crippen LogP contribution in [0.15, 0.2) is 12.1 Å². The topological polar surface area (TPSA) is 72.2 Å². The summed E-state index contributed by atoms with van der Waals surface area (Å²) >= 11 is 5.75. The molecule has 5 nitrogen and oxygen atoms in total. The summed E-state index contributed by atoms with van der Waals surface area (Å²) in [5, 5.41) is 13.3. The van der Waals surface area contributed by atoms with Crippen LogP contribution in [0.1, 0.15) is 12.5 Å². The minimum atomic E-state index is -0.587. The van der Waals surface area contributed by atoms with Gasteiger partial charge in [0.15, 0.2) is 0 Å². The van der Waals surface area contributed by atoms with Crippen molar-refractivity contribution in [1.29, 1.82) is 0 Å². The number of carbonyl (C=O) groups is 1. The average molecular weight is 229 g/mol. The molecule has 0 heterocycles. The van der Waals surface area contributed by atoms with Gasteiger partial charge in [-0.2, -0.15) is 0 Å². The third-order valence-corrected chi connectivity index (χ3v) is 2.19. The van der Waals surface area contributed by atoms with Crippen LogP contribution in [0.25, 0.3) is 0 Å². The largest absolute Gasteiger partial charge is 0.321 e. The first-order chi connectivity index (χ1) is 6.91. The van der Waals surface area contributed by atoms with E-state index in [-0.39, 0.29) is 17.3 Å². The molecular formula is C9H9ClN2O3. The first kappa shape index (κ1) is 11.5. The minimum absolute atomic E-state index is 0.161. The number of benzene rings is 1. The van der Waals surface area contributed by atoms with Gasteiger partial charge in [-0.3, -0.25) is 14.9 Å². The highest BCUT2D eigenvalue weighted by molar-refractivity contribution is 6.31. The summed E-state index contributed by atoms with van der Waals surface area (Å²) in [4.78, 5) is 20.9. The van der Waals surface area contributed by atoms with Crippen molar-refractivity contribution < 1.29 is 9.72 Å². The van der Waals surface area contributed by atoms with Crippen LogP contribution in [0.3, 0.4) is 0 Å². The van der Waals surface area contributed by atoms with Gasteiger partial charge in [0.1, 0.15) is 5.69 Å². The fourth-order valence-corrected chi connectivity index (χ4v) is 1.27. The van der Waals surface area contributed by atoms with Gasteiger partial charge < -0.3 is 5.32 Å². The summed E-state index contributed by atoms with van der Waals surface area (Å²) in [5.74, 6) is -0.361. The molecule has 0 bridgehead atoms. The molecule has 1 aromatic rings. The summed E-state index contributed by atoms with van der Waals surface area (Å²) in [6.07, 6.45) is 0. The monoisotopic (exact) mass is 228 g/mol.